The van der Waals surface area contributed by atoms with Crippen LogP contribution in [0.1, 0.15) is 27.2 Å². The minimum Gasteiger partial charge on any atom is -0.467 e. The van der Waals surface area contributed by atoms with Gasteiger partial charge in [0.05, 0.1) is 24.1 Å². The third kappa shape index (κ3) is 5.76. The van der Waals surface area contributed by atoms with Crippen LogP contribution in [0.4, 0.5) is 0 Å². The van der Waals surface area contributed by atoms with Gasteiger partial charge in [-0.1, -0.05) is 42.0 Å². The van der Waals surface area contributed by atoms with Crippen LogP contribution in [0, 0.1) is 6.92 Å². The molecular weight excluding hydrogens is 374 g/mol. The first kappa shape index (κ1) is 19.8. The first-order valence-corrected chi connectivity index (χ1v) is 9.84. The molecule has 28 heavy (non-hydrogen) atoms. The van der Waals surface area contributed by atoms with Gasteiger partial charge in [-0.25, -0.2) is 4.79 Å². The Labute approximate surface area is 168 Å². The maximum absolute atomic E-state index is 12.5. The van der Waals surface area contributed by atoms with E-state index in [-0.39, 0.29) is 18.3 Å². The molecule has 2 aromatic carbocycles. The molecule has 0 aliphatic heterocycles. The van der Waals surface area contributed by atoms with Gasteiger partial charge in [0.1, 0.15) is 12.4 Å². The Kier molecular flexibility index (Phi) is 6.92. The Hall–Kier alpha value is -2.99. The van der Waals surface area contributed by atoms with Crippen molar-refractivity contribution >= 4 is 23.6 Å². The van der Waals surface area contributed by atoms with Crippen molar-refractivity contribution in [2.45, 2.75) is 25.0 Å². The molecule has 0 bridgehead atoms. The number of esters is 1. The predicted octanol–water partition coefficient (Wildman–Crippen LogP) is 4.35. The molecule has 1 N–H and O–H groups in total. The van der Waals surface area contributed by atoms with Crippen molar-refractivity contribution in [3.8, 4) is 0 Å². The highest BCUT2D eigenvalue weighted by Gasteiger charge is 2.14. The fourth-order valence-electron chi connectivity index (χ4n) is 2.58. The number of nitrogens with one attached hydrogen (secondary N) is 1. The molecule has 0 spiro atoms. The van der Waals surface area contributed by atoms with E-state index in [0.29, 0.717) is 22.8 Å². The molecule has 6 heteroatoms. The second-order valence-electron chi connectivity index (χ2n) is 6.21. The lowest BCUT2D eigenvalue weighted by Crippen LogP contribution is -2.24. The zero-order chi connectivity index (χ0) is 19.8. The van der Waals surface area contributed by atoms with Crippen molar-refractivity contribution in [2.75, 3.05) is 5.75 Å². The Balaban J connectivity index is 1.54. The molecule has 0 saturated carbocycles. The molecule has 1 amide bonds. The van der Waals surface area contributed by atoms with Crippen LogP contribution in [0.2, 0.25) is 0 Å². The minimum absolute atomic E-state index is 0.135. The van der Waals surface area contributed by atoms with Crippen LogP contribution >= 0.6 is 11.8 Å². The van der Waals surface area contributed by atoms with Crippen molar-refractivity contribution in [3.05, 3.63) is 89.4 Å². The number of hydrogen-bond donors (Lipinski definition) is 1. The van der Waals surface area contributed by atoms with E-state index in [1.54, 1.807) is 30.5 Å². The fraction of sp³-hybridized carbons (Fsp3) is 0.182. The third-order valence-corrected chi connectivity index (χ3v) is 5.03. The van der Waals surface area contributed by atoms with Gasteiger partial charge in [0.25, 0.3) is 0 Å². The summed E-state index contributed by atoms with van der Waals surface area (Å²) in [6.07, 6.45) is 1.56. The van der Waals surface area contributed by atoms with E-state index < -0.39 is 5.97 Å². The van der Waals surface area contributed by atoms with E-state index in [1.807, 2.05) is 43.3 Å². The highest BCUT2D eigenvalue weighted by molar-refractivity contribution is 8.00. The number of hydrogen-bond acceptors (Lipinski definition) is 5. The SMILES string of the molecule is Cc1cccc(COC(=O)c2ccccc2SCC(=O)NCc2ccco2)c1. The van der Waals surface area contributed by atoms with Crippen molar-refractivity contribution in [1.82, 2.24) is 5.32 Å². The van der Waals surface area contributed by atoms with E-state index in [2.05, 4.69) is 5.32 Å². The van der Waals surface area contributed by atoms with Crippen LogP contribution in [-0.2, 0) is 22.7 Å². The second kappa shape index (κ2) is 9.80. The fourth-order valence-corrected chi connectivity index (χ4v) is 3.45. The number of aryl methyl sites for hydroxylation is 1. The lowest BCUT2D eigenvalue weighted by Gasteiger charge is -2.10. The van der Waals surface area contributed by atoms with Crippen LogP contribution in [-0.4, -0.2) is 17.6 Å². The van der Waals surface area contributed by atoms with Gasteiger partial charge in [0.15, 0.2) is 0 Å². The molecule has 1 aromatic heterocycles. The summed E-state index contributed by atoms with van der Waals surface area (Å²) in [6.45, 7) is 2.55. The summed E-state index contributed by atoms with van der Waals surface area (Å²) in [5.74, 6) is 0.353. The smallest absolute Gasteiger partial charge is 0.339 e. The topological polar surface area (TPSA) is 68.5 Å². The number of rotatable bonds is 8. The molecule has 5 nitrogen and oxygen atoms in total. The molecule has 144 valence electrons. The first-order chi connectivity index (χ1) is 13.6. The maximum Gasteiger partial charge on any atom is 0.339 e. The van der Waals surface area contributed by atoms with Gasteiger partial charge in [-0.3, -0.25) is 4.79 Å². The minimum atomic E-state index is -0.402. The van der Waals surface area contributed by atoms with Gasteiger partial charge in [0, 0.05) is 4.90 Å². The molecule has 0 unspecified atom stereocenters. The van der Waals surface area contributed by atoms with Gasteiger partial charge < -0.3 is 14.5 Å². The lowest BCUT2D eigenvalue weighted by molar-refractivity contribution is -0.118. The van der Waals surface area contributed by atoms with E-state index in [9.17, 15) is 9.59 Å². The van der Waals surface area contributed by atoms with Crippen LogP contribution in [0.15, 0.2) is 76.2 Å². The number of carbonyl (C=O) groups excluding carboxylic acids is 2. The average molecular weight is 395 g/mol. The van der Waals surface area contributed by atoms with Crippen molar-refractivity contribution in [1.29, 1.82) is 0 Å². The van der Waals surface area contributed by atoms with Gasteiger partial charge in [-0.05, 0) is 36.8 Å². The van der Waals surface area contributed by atoms with E-state index in [1.165, 1.54) is 11.8 Å². The number of carbonyl (C=O) groups is 2. The molecular formula is C22H21NO4S. The molecule has 0 aliphatic carbocycles. The van der Waals surface area contributed by atoms with Crippen LogP contribution in [0.3, 0.4) is 0 Å². The molecule has 0 atom stereocenters. The van der Waals surface area contributed by atoms with E-state index >= 15 is 0 Å². The normalized spacial score (nSPS) is 10.5. The van der Waals surface area contributed by atoms with Crippen molar-refractivity contribution in [2.24, 2.45) is 0 Å². The Morgan fingerprint density at radius 2 is 1.93 bits per heavy atom. The Bertz CT molecular complexity index is 937. The highest BCUT2D eigenvalue weighted by atomic mass is 32.2. The van der Waals surface area contributed by atoms with Gasteiger partial charge in [-0.2, -0.15) is 0 Å². The summed E-state index contributed by atoms with van der Waals surface area (Å²) >= 11 is 1.30. The summed E-state index contributed by atoms with van der Waals surface area (Å²) in [5, 5.41) is 2.79. The summed E-state index contributed by atoms with van der Waals surface area (Å²) in [6, 6.07) is 18.5. The number of amides is 1. The molecule has 0 fully saturated rings. The highest BCUT2D eigenvalue weighted by Crippen LogP contribution is 2.23. The Morgan fingerprint density at radius 3 is 2.71 bits per heavy atom. The van der Waals surface area contributed by atoms with Crippen LogP contribution in [0.25, 0.3) is 0 Å². The lowest BCUT2D eigenvalue weighted by atomic mass is 10.1. The molecule has 1 heterocycles. The largest absolute Gasteiger partial charge is 0.467 e. The van der Waals surface area contributed by atoms with Crippen molar-refractivity contribution in [3.63, 3.8) is 0 Å². The van der Waals surface area contributed by atoms with Gasteiger partial charge >= 0.3 is 5.97 Å². The second-order valence-corrected chi connectivity index (χ2v) is 7.22. The van der Waals surface area contributed by atoms with Crippen molar-refractivity contribution < 1.29 is 18.7 Å². The predicted molar refractivity (Wildman–Crippen MR) is 108 cm³/mol. The zero-order valence-corrected chi connectivity index (χ0v) is 16.3. The van der Waals surface area contributed by atoms with Gasteiger partial charge in [-0.15, -0.1) is 11.8 Å². The van der Waals surface area contributed by atoms with Crippen LogP contribution < -0.4 is 5.32 Å². The summed E-state index contributed by atoms with van der Waals surface area (Å²) in [4.78, 5) is 25.3. The summed E-state index contributed by atoms with van der Waals surface area (Å²) < 4.78 is 10.6. The number of benzene rings is 2. The molecule has 0 aliphatic rings. The number of furan rings is 1. The quantitative estimate of drug-likeness (QED) is 0.454. The maximum atomic E-state index is 12.5. The molecule has 0 saturated heterocycles. The summed E-state index contributed by atoms with van der Waals surface area (Å²) in [5.41, 5.74) is 2.51. The standard InChI is InChI=1S/C22H21NO4S/c1-16-6-4-7-17(12-16)14-27-22(25)19-9-2-3-10-20(19)28-15-21(24)23-13-18-8-5-11-26-18/h2-12H,13-15H2,1H3,(H,23,24). The summed E-state index contributed by atoms with van der Waals surface area (Å²) in [7, 11) is 0. The number of thioether (sulfide) groups is 1. The van der Waals surface area contributed by atoms with E-state index in [4.69, 9.17) is 9.15 Å². The first-order valence-electron chi connectivity index (χ1n) is 8.85. The molecule has 3 aromatic rings. The van der Waals surface area contributed by atoms with Gasteiger partial charge in [0.2, 0.25) is 5.91 Å². The average Bonchev–Trinajstić information content (AvgIpc) is 3.23. The zero-order valence-electron chi connectivity index (χ0n) is 15.5. The Morgan fingerprint density at radius 1 is 1.07 bits per heavy atom. The van der Waals surface area contributed by atoms with Crippen LogP contribution in [0.5, 0.6) is 0 Å². The third-order valence-electron chi connectivity index (χ3n) is 3.96. The van der Waals surface area contributed by atoms with E-state index in [0.717, 1.165) is 11.1 Å². The molecule has 0 radical (unpaired) electrons. The molecule has 3 rings (SSSR count). The monoisotopic (exact) mass is 395 g/mol. The number of ether oxygens (including phenoxy) is 1.